The van der Waals surface area contributed by atoms with Crippen molar-refractivity contribution in [2.24, 2.45) is 0 Å². The third-order valence-corrected chi connectivity index (χ3v) is 7.20. The van der Waals surface area contributed by atoms with E-state index >= 15 is 0 Å². The van der Waals surface area contributed by atoms with Crippen molar-refractivity contribution in [3.8, 4) is 0 Å². The summed E-state index contributed by atoms with van der Waals surface area (Å²) in [4.78, 5) is 0. The van der Waals surface area contributed by atoms with Crippen LogP contribution in [0.25, 0.3) is 0 Å². The highest BCUT2D eigenvalue weighted by Crippen LogP contribution is 2.10. The quantitative estimate of drug-likeness (QED) is 0.410. The van der Waals surface area contributed by atoms with Crippen molar-refractivity contribution in [2.75, 3.05) is 35.3 Å². The molecule has 2 unspecified atom stereocenters. The summed E-state index contributed by atoms with van der Waals surface area (Å²) in [5, 5.41) is 0. The van der Waals surface area contributed by atoms with Crippen LogP contribution in [-0.4, -0.2) is 43.8 Å². The molecule has 0 amide bonds. The van der Waals surface area contributed by atoms with Crippen molar-refractivity contribution in [1.82, 2.24) is 0 Å². The summed E-state index contributed by atoms with van der Waals surface area (Å²) >= 11 is 0. The van der Waals surface area contributed by atoms with Gasteiger partial charge in [0.25, 0.3) is 0 Å². The Bertz CT molecular complexity index is 201. The van der Waals surface area contributed by atoms with E-state index in [1.807, 2.05) is 0 Å². The molecular weight excluding hydrogens is 271 g/mol. The molecule has 0 aliphatic heterocycles. The van der Waals surface area contributed by atoms with E-state index in [0.29, 0.717) is 0 Å². The number of hydrogen-bond acceptors (Lipinski definition) is 2. The molecular formula is C12H27O2PS2. The number of rotatable bonds is 12. The summed E-state index contributed by atoms with van der Waals surface area (Å²) in [6, 6.07) is 0. The zero-order valence-corrected chi connectivity index (χ0v) is 13.8. The molecule has 0 fully saturated rings. The highest BCUT2D eigenvalue weighted by Gasteiger charge is 2.01. The second kappa shape index (κ2) is 13.2. The maximum Gasteiger partial charge on any atom is 0.0271 e. The zero-order valence-electron chi connectivity index (χ0n) is 11.2. The van der Waals surface area contributed by atoms with Crippen LogP contribution >= 0.6 is 8.58 Å². The van der Waals surface area contributed by atoms with Gasteiger partial charge in [-0.25, -0.2) is 0 Å². The Balaban J connectivity index is 3.28. The van der Waals surface area contributed by atoms with Crippen molar-refractivity contribution < 1.29 is 8.42 Å². The lowest BCUT2D eigenvalue weighted by Gasteiger charge is -2.03. The predicted molar refractivity (Wildman–Crippen MR) is 83.6 cm³/mol. The SMILES string of the molecule is CCCCS(=O)CCPCCS(=O)CCCC. The standard InChI is InChI=1S/C12H27O2PS2/c1-3-5-9-16(13)11-7-15-8-12-17(14)10-6-4-2/h15H,3-12H2,1-2H3. The van der Waals surface area contributed by atoms with Crippen LogP contribution in [-0.2, 0) is 21.6 Å². The van der Waals surface area contributed by atoms with E-state index in [2.05, 4.69) is 13.8 Å². The summed E-state index contributed by atoms with van der Waals surface area (Å²) in [6.07, 6.45) is 6.53. The van der Waals surface area contributed by atoms with E-state index in [1.54, 1.807) is 0 Å². The normalized spacial score (nSPS) is 15.4. The van der Waals surface area contributed by atoms with Crippen LogP contribution in [0.5, 0.6) is 0 Å². The van der Waals surface area contributed by atoms with Crippen LogP contribution in [0.4, 0.5) is 0 Å². The van der Waals surface area contributed by atoms with Crippen molar-refractivity contribution in [3.63, 3.8) is 0 Å². The van der Waals surface area contributed by atoms with Crippen molar-refractivity contribution in [2.45, 2.75) is 39.5 Å². The van der Waals surface area contributed by atoms with Crippen LogP contribution in [0.1, 0.15) is 39.5 Å². The Kier molecular flexibility index (Phi) is 13.7. The molecule has 2 atom stereocenters. The first-order valence-corrected chi connectivity index (χ1v) is 11.0. The topological polar surface area (TPSA) is 34.1 Å². The van der Waals surface area contributed by atoms with Crippen LogP contribution in [0, 0.1) is 0 Å². The van der Waals surface area contributed by atoms with Gasteiger partial charge in [0.1, 0.15) is 0 Å². The van der Waals surface area contributed by atoms with E-state index in [4.69, 9.17) is 0 Å². The maximum absolute atomic E-state index is 11.5. The van der Waals surface area contributed by atoms with Gasteiger partial charge in [0.2, 0.25) is 0 Å². The summed E-state index contributed by atoms with van der Waals surface area (Å²) in [7, 11) is -0.374. The van der Waals surface area contributed by atoms with E-state index in [-0.39, 0.29) is 0 Å². The fourth-order valence-electron chi connectivity index (χ4n) is 1.31. The zero-order chi connectivity index (χ0) is 12.9. The molecule has 0 aliphatic rings. The molecule has 0 aromatic carbocycles. The molecule has 0 aliphatic carbocycles. The Morgan fingerprint density at radius 3 is 1.53 bits per heavy atom. The van der Waals surface area contributed by atoms with Crippen LogP contribution in [0.2, 0.25) is 0 Å². The summed E-state index contributed by atoms with van der Waals surface area (Å²) in [6.45, 7) is 4.26. The maximum atomic E-state index is 11.5. The van der Waals surface area contributed by atoms with Crippen molar-refractivity contribution in [3.05, 3.63) is 0 Å². The lowest BCUT2D eigenvalue weighted by atomic mass is 10.4. The van der Waals surface area contributed by atoms with Gasteiger partial charge in [0.15, 0.2) is 0 Å². The molecule has 17 heavy (non-hydrogen) atoms. The third kappa shape index (κ3) is 13.0. The molecule has 5 heteroatoms. The van der Waals surface area contributed by atoms with E-state index in [1.165, 1.54) is 0 Å². The van der Waals surface area contributed by atoms with Crippen molar-refractivity contribution >= 4 is 30.2 Å². The summed E-state index contributed by atoms with van der Waals surface area (Å²) in [5.41, 5.74) is 0. The minimum Gasteiger partial charge on any atom is -0.260 e. The lowest BCUT2D eigenvalue weighted by molar-refractivity contribution is 0.680. The first kappa shape index (κ1) is 17.7. The Morgan fingerprint density at radius 2 is 1.18 bits per heavy atom. The predicted octanol–water partition coefficient (Wildman–Crippen LogP) is 2.76. The third-order valence-electron chi connectivity index (χ3n) is 2.46. The molecule has 104 valence electrons. The monoisotopic (exact) mass is 298 g/mol. The smallest absolute Gasteiger partial charge is 0.0271 e. The molecule has 0 rings (SSSR count). The number of hydrogen-bond donors (Lipinski definition) is 0. The molecule has 0 aromatic heterocycles. The van der Waals surface area contributed by atoms with Gasteiger partial charge >= 0.3 is 0 Å². The molecule has 0 bridgehead atoms. The molecule has 0 N–H and O–H groups in total. The molecule has 0 radical (unpaired) electrons. The van der Waals surface area contributed by atoms with E-state index in [9.17, 15) is 8.42 Å². The highest BCUT2D eigenvalue weighted by atomic mass is 32.2. The average molecular weight is 298 g/mol. The van der Waals surface area contributed by atoms with Crippen molar-refractivity contribution in [1.29, 1.82) is 0 Å². The van der Waals surface area contributed by atoms with Crippen LogP contribution in [0.3, 0.4) is 0 Å². The first-order valence-electron chi connectivity index (χ1n) is 6.61. The number of unbranched alkanes of at least 4 members (excludes halogenated alkanes) is 2. The van der Waals surface area contributed by atoms with Crippen LogP contribution < -0.4 is 0 Å². The van der Waals surface area contributed by atoms with Gasteiger partial charge in [0, 0.05) is 44.6 Å². The first-order chi connectivity index (χ1) is 8.20. The summed E-state index contributed by atoms with van der Waals surface area (Å²) in [5.74, 6) is 3.42. The molecule has 0 spiro atoms. The fourth-order valence-corrected chi connectivity index (χ4v) is 6.17. The fraction of sp³-hybridized carbons (Fsp3) is 1.00. The van der Waals surface area contributed by atoms with Crippen LogP contribution in [0.15, 0.2) is 0 Å². The van der Waals surface area contributed by atoms with E-state index in [0.717, 1.165) is 69.6 Å². The largest absolute Gasteiger partial charge is 0.260 e. The molecule has 0 aromatic rings. The second-order valence-electron chi connectivity index (χ2n) is 4.15. The van der Waals surface area contributed by atoms with Gasteiger partial charge in [-0.3, -0.25) is 8.42 Å². The minimum absolute atomic E-state index is 0.608. The molecule has 0 heterocycles. The second-order valence-corrected chi connectivity index (χ2v) is 9.05. The van der Waals surface area contributed by atoms with Gasteiger partial charge < -0.3 is 0 Å². The average Bonchev–Trinajstić information content (AvgIpc) is 2.33. The van der Waals surface area contributed by atoms with Gasteiger partial charge in [0.05, 0.1) is 0 Å². The highest BCUT2D eigenvalue weighted by molar-refractivity contribution is 7.85. The van der Waals surface area contributed by atoms with Gasteiger partial charge in [-0.15, -0.1) is 8.58 Å². The Hall–Kier alpha value is 0.730. The molecule has 2 nitrogen and oxygen atoms in total. The van der Waals surface area contributed by atoms with Gasteiger partial charge in [-0.2, -0.15) is 0 Å². The van der Waals surface area contributed by atoms with E-state index < -0.39 is 21.6 Å². The molecule has 0 saturated carbocycles. The summed E-state index contributed by atoms with van der Waals surface area (Å²) < 4.78 is 23.0. The minimum atomic E-state index is -0.608. The Morgan fingerprint density at radius 1 is 0.765 bits per heavy atom. The van der Waals surface area contributed by atoms with Gasteiger partial charge in [-0.05, 0) is 25.2 Å². The van der Waals surface area contributed by atoms with Gasteiger partial charge in [-0.1, -0.05) is 26.7 Å². The Labute approximate surface area is 113 Å². The lowest BCUT2D eigenvalue weighted by Crippen LogP contribution is -2.07. The molecule has 0 saturated heterocycles.